The maximum atomic E-state index is 11.9. The summed E-state index contributed by atoms with van der Waals surface area (Å²) in [5, 5.41) is 6.31. The Labute approximate surface area is 108 Å². The third kappa shape index (κ3) is 1.52. The van der Waals surface area contributed by atoms with Gasteiger partial charge in [0.05, 0.1) is 11.3 Å². The van der Waals surface area contributed by atoms with E-state index in [9.17, 15) is 4.79 Å². The van der Waals surface area contributed by atoms with E-state index in [0.29, 0.717) is 5.56 Å². The van der Waals surface area contributed by atoms with Gasteiger partial charge in [-0.25, -0.2) is 0 Å². The quantitative estimate of drug-likeness (QED) is 0.740. The highest BCUT2D eigenvalue weighted by Gasteiger charge is 2.15. The molecule has 0 aliphatic rings. The number of H-pyrrole nitrogens is 1. The number of aromatic amines is 1. The molecule has 0 unspecified atom stereocenters. The maximum absolute atomic E-state index is 11.9. The first-order valence-corrected chi connectivity index (χ1v) is 6.55. The number of fused-ring (bicyclic) bond motifs is 1. The molecule has 92 valence electrons. The molecule has 2 heterocycles. The Hall–Kier alpha value is -1.85. The van der Waals surface area contributed by atoms with Crippen molar-refractivity contribution in [3.8, 4) is 11.3 Å². The lowest BCUT2D eigenvalue weighted by Crippen LogP contribution is -2.17. The van der Waals surface area contributed by atoms with Crippen molar-refractivity contribution in [1.82, 2.24) is 9.78 Å². The largest absolute Gasteiger partial charge is 0.326 e. The average molecular weight is 259 g/mol. The van der Waals surface area contributed by atoms with E-state index in [1.165, 1.54) is 9.38 Å². The van der Waals surface area contributed by atoms with Gasteiger partial charge < -0.3 is 5.73 Å². The first kappa shape index (κ1) is 11.3. The Balaban J connectivity index is 2.33. The van der Waals surface area contributed by atoms with E-state index in [2.05, 4.69) is 22.6 Å². The fourth-order valence-electron chi connectivity index (χ4n) is 2.18. The summed E-state index contributed by atoms with van der Waals surface area (Å²) in [6.07, 6.45) is 0. The van der Waals surface area contributed by atoms with E-state index in [1.54, 1.807) is 18.4 Å². The molecule has 18 heavy (non-hydrogen) atoms. The molecule has 3 rings (SSSR count). The van der Waals surface area contributed by atoms with Crippen molar-refractivity contribution in [3.63, 3.8) is 0 Å². The summed E-state index contributed by atoms with van der Waals surface area (Å²) in [4.78, 5) is 11.9. The van der Waals surface area contributed by atoms with E-state index in [-0.39, 0.29) is 12.1 Å². The van der Waals surface area contributed by atoms with Gasteiger partial charge in [-0.15, -0.1) is 11.3 Å². The third-order valence-electron chi connectivity index (χ3n) is 3.10. The van der Waals surface area contributed by atoms with Crippen molar-refractivity contribution in [3.05, 3.63) is 45.6 Å². The molecule has 0 saturated carbocycles. The van der Waals surface area contributed by atoms with Crippen molar-refractivity contribution in [2.45, 2.75) is 6.54 Å². The van der Waals surface area contributed by atoms with Crippen LogP contribution in [0.15, 0.2) is 34.4 Å². The zero-order valence-electron chi connectivity index (χ0n) is 9.93. The van der Waals surface area contributed by atoms with Crippen molar-refractivity contribution < 1.29 is 0 Å². The van der Waals surface area contributed by atoms with Crippen LogP contribution in [-0.2, 0) is 13.6 Å². The highest BCUT2D eigenvalue weighted by atomic mass is 32.1. The molecule has 4 nitrogen and oxygen atoms in total. The Bertz CT molecular complexity index is 766. The van der Waals surface area contributed by atoms with Crippen molar-refractivity contribution in [2.75, 3.05) is 0 Å². The Morgan fingerprint density at radius 1 is 1.39 bits per heavy atom. The van der Waals surface area contributed by atoms with Crippen molar-refractivity contribution >= 4 is 21.4 Å². The van der Waals surface area contributed by atoms with Gasteiger partial charge in [0.1, 0.15) is 0 Å². The van der Waals surface area contributed by atoms with Gasteiger partial charge in [-0.2, -0.15) is 0 Å². The van der Waals surface area contributed by atoms with Crippen molar-refractivity contribution in [2.24, 2.45) is 12.8 Å². The van der Waals surface area contributed by atoms with Crippen LogP contribution < -0.4 is 11.3 Å². The molecule has 2 aromatic heterocycles. The summed E-state index contributed by atoms with van der Waals surface area (Å²) < 4.78 is 2.68. The van der Waals surface area contributed by atoms with E-state index in [0.717, 1.165) is 16.6 Å². The fraction of sp³-hybridized carbons (Fsp3) is 0.154. The summed E-state index contributed by atoms with van der Waals surface area (Å²) in [5.41, 5.74) is 8.16. The van der Waals surface area contributed by atoms with Crippen LogP contribution in [0.4, 0.5) is 0 Å². The lowest BCUT2D eigenvalue weighted by atomic mass is 10.1. The van der Waals surface area contributed by atoms with Crippen LogP contribution in [0, 0.1) is 0 Å². The SMILES string of the molecule is Cn1[nH]c(-c2csc3ccccc23)c(CN)c1=O. The highest BCUT2D eigenvalue weighted by Crippen LogP contribution is 2.33. The Kier molecular flexibility index (Phi) is 2.57. The van der Waals surface area contributed by atoms with Crippen LogP contribution in [0.5, 0.6) is 0 Å². The molecule has 0 radical (unpaired) electrons. The molecule has 0 amide bonds. The van der Waals surface area contributed by atoms with Crippen LogP contribution >= 0.6 is 11.3 Å². The standard InChI is InChI=1S/C13H13N3OS/c1-16-13(17)9(6-14)12(15-16)10-7-18-11-5-3-2-4-8(10)11/h2-5,7,15H,6,14H2,1H3. The second-order valence-electron chi connectivity index (χ2n) is 4.18. The molecule has 0 aliphatic heterocycles. The number of thiophene rings is 1. The molecular formula is C13H13N3OS. The van der Waals surface area contributed by atoms with Gasteiger partial charge in [0.25, 0.3) is 5.56 Å². The van der Waals surface area contributed by atoms with E-state index < -0.39 is 0 Å². The van der Waals surface area contributed by atoms with Gasteiger partial charge in [-0.3, -0.25) is 14.6 Å². The smallest absolute Gasteiger partial charge is 0.271 e. The third-order valence-corrected chi connectivity index (χ3v) is 4.06. The molecule has 1 aromatic carbocycles. The van der Waals surface area contributed by atoms with Crippen LogP contribution in [0.3, 0.4) is 0 Å². The van der Waals surface area contributed by atoms with Gasteiger partial charge in [0.15, 0.2) is 0 Å². The lowest BCUT2D eigenvalue weighted by Gasteiger charge is -1.98. The van der Waals surface area contributed by atoms with Gasteiger partial charge >= 0.3 is 0 Å². The number of nitrogens with zero attached hydrogens (tertiary/aromatic N) is 1. The first-order valence-electron chi connectivity index (χ1n) is 5.67. The maximum Gasteiger partial charge on any atom is 0.271 e. The number of aromatic nitrogens is 2. The number of benzene rings is 1. The number of aryl methyl sites for hydroxylation is 1. The summed E-state index contributed by atoms with van der Waals surface area (Å²) in [6, 6.07) is 8.15. The summed E-state index contributed by atoms with van der Waals surface area (Å²) in [7, 11) is 1.71. The monoisotopic (exact) mass is 259 g/mol. The van der Waals surface area contributed by atoms with Crippen LogP contribution in [0.2, 0.25) is 0 Å². The first-order chi connectivity index (χ1) is 8.72. The molecule has 5 heteroatoms. The van der Waals surface area contributed by atoms with Gasteiger partial charge in [-0.05, 0) is 6.07 Å². The van der Waals surface area contributed by atoms with Gasteiger partial charge in [0, 0.05) is 34.6 Å². The number of hydrogen-bond acceptors (Lipinski definition) is 3. The Morgan fingerprint density at radius 2 is 2.17 bits per heavy atom. The van der Waals surface area contributed by atoms with E-state index >= 15 is 0 Å². The molecule has 0 atom stereocenters. The number of nitrogens with two attached hydrogens (primary N) is 1. The minimum atomic E-state index is -0.0530. The molecule has 0 spiro atoms. The second-order valence-corrected chi connectivity index (χ2v) is 5.09. The van der Waals surface area contributed by atoms with E-state index in [1.807, 2.05) is 12.1 Å². The number of nitrogens with one attached hydrogen (secondary N) is 1. The predicted molar refractivity (Wildman–Crippen MR) is 74.7 cm³/mol. The second kappa shape index (κ2) is 4.12. The topological polar surface area (TPSA) is 63.8 Å². The molecular weight excluding hydrogens is 246 g/mol. The molecule has 0 fully saturated rings. The molecule has 0 aliphatic carbocycles. The minimum absolute atomic E-state index is 0.0530. The normalized spacial score (nSPS) is 11.2. The lowest BCUT2D eigenvalue weighted by molar-refractivity contribution is 0.740. The molecule has 0 bridgehead atoms. The predicted octanol–water partition coefficient (Wildman–Crippen LogP) is 2.05. The molecule has 3 aromatic rings. The van der Waals surface area contributed by atoms with Crippen molar-refractivity contribution in [1.29, 1.82) is 0 Å². The van der Waals surface area contributed by atoms with Gasteiger partial charge in [-0.1, -0.05) is 18.2 Å². The number of hydrogen-bond donors (Lipinski definition) is 2. The zero-order valence-corrected chi connectivity index (χ0v) is 10.8. The number of rotatable bonds is 2. The van der Waals surface area contributed by atoms with E-state index in [4.69, 9.17) is 5.73 Å². The Morgan fingerprint density at radius 3 is 2.94 bits per heavy atom. The van der Waals surface area contributed by atoms with Crippen LogP contribution in [0.25, 0.3) is 21.3 Å². The summed E-state index contributed by atoms with van der Waals surface area (Å²) in [6.45, 7) is 0.246. The van der Waals surface area contributed by atoms with Crippen LogP contribution in [-0.4, -0.2) is 9.78 Å². The minimum Gasteiger partial charge on any atom is -0.326 e. The molecule has 0 saturated heterocycles. The summed E-state index contributed by atoms with van der Waals surface area (Å²) in [5.74, 6) is 0. The highest BCUT2D eigenvalue weighted by molar-refractivity contribution is 7.17. The summed E-state index contributed by atoms with van der Waals surface area (Å²) >= 11 is 1.67. The van der Waals surface area contributed by atoms with Crippen LogP contribution in [0.1, 0.15) is 5.56 Å². The fourth-order valence-corrected chi connectivity index (χ4v) is 3.13. The van der Waals surface area contributed by atoms with Gasteiger partial charge in [0.2, 0.25) is 0 Å². The zero-order chi connectivity index (χ0) is 12.7. The molecule has 3 N–H and O–H groups in total. The average Bonchev–Trinajstić information content (AvgIpc) is 2.92.